The van der Waals surface area contributed by atoms with E-state index in [1.54, 1.807) is 0 Å². The Labute approximate surface area is 136 Å². The molecule has 3 heteroatoms. The van der Waals surface area contributed by atoms with Crippen molar-refractivity contribution in [2.75, 3.05) is 0 Å². The van der Waals surface area contributed by atoms with Gasteiger partial charge in [0.1, 0.15) is 0 Å². The van der Waals surface area contributed by atoms with Crippen LogP contribution in [0.1, 0.15) is 36.1 Å². The van der Waals surface area contributed by atoms with Crippen molar-refractivity contribution in [2.45, 2.75) is 38.3 Å². The number of fused-ring (bicyclic) bond motifs is 1. The molecule has 1 nitrogen and oxygen atoms in total. The molecular formula is C18H19Cl2N. The van der Waals surface area contributed by atoms with Crippen molar-refractivity contribution >= 4 is 23.2 Å². The van der Waals surface area contributed by atoms with Crippen molar-refractivity contribution < 1.29 is 0 Å². The van der Waals surface area contributed by atoms with E-state index >= 15 is 0 Å². The van der Waals surface area contributed by atoms with Crippen molar-refractivity contribution in [1.82, 2.24) is 5.32 Å². The first-order valence-electron chi connectivity index (χ1n) is 7.41. The molecule has 0 saturated carbocycles. The van der Waals surface area contributed by atoms with E-state index in [1.165, 1.54) is 16.7 Å². The number of hydrogen-bond donors (Lipinski definition) is 1. The molecule has 0 bridgehead atoms. The number of hydrogen-bond acceptors (Lipinski definition) is 1. The van der Waals surface area contributed by atoms with Gasteiger partial charge in [-0.2, -0.15) is 0 Å². The molecule has 0 heterocycles. The average molecular weight is 320 g/mol. The molecule has 0 saturated heterocycles. The predicted molar refractivity (Wildman–Crippen MR) is 90.3 cm³/mol. The lowest BCUT2D eigenvalue weighted by Gasteiger charge is -2.21. The highest BCUT2D eigenvalue weighted by Crippen LogP contribution is 2.33. The second-order valence-electron chi connectivity index (χ2n) is 5.80. The zero-order valence-electron chi connectivity index (χ0n) is 12.1. The van der Waals surface area contributed by atoms with Gasteiger partial charge in [-0.3, -0.25) is 0 Å². The fourth-order valence-corrected chi connectivity index (χ4v) is 3.56. The fraction of sp³-hybridized carbons (Fsp3) is 0.333. The smallest absolute Gasteiger partial charge is 0.0438 e. The molecule has 1 N–H and O–H groups in total. The first kappa shape index (κ1) is 14.9. The van der Waals surface area contributed by atoms with Gasteiger partial charge in [0, 0.05) is 22.1 Å². The molecule has 2 aromatic rings. The molecule has 0 fully saturated rings. The van der Waals surface area contributed by atoms with Crippen LogP contribution in [0.3, 0.4) is 0 Å². The van der Waals surface area contributed by atoms with Crippen LogP contribution in [0.2, 0.25) is 10.0 Å². The summed E-state index contributed by atoms with van der Waals surface area (Å²) in [6.07, 6.45) is 3.19. The summed E-state index contributed by atoms with van der Waals surface area (Å²) < 4.78 is 0. The Morgan fingerprint density at radius 1 is 1.19 bits per heavy atom. The van der Waals surface area contributed by atoms with Crippen LogP contribution in [0.5, 0.6) is 0 Å². The summed E-state index contributed by atoms with van der Waals surface area (Å²) in [6.45, 7) is 2.22. The molecule has 2 atom stereocenters. The van der Waals surface area contributed by atoms with Gasteiger partial charge in [-0.15, -0.1) is 0 Å². The summed E-state index contributed by atoms with van der Waals surface area (Å²) in [5.41, 5.74) is 3.98. The van der Waals surface area contributed by atoms with E-state index < -0.39 is 0 Å². The lowest BCUT2D eigenvalue weighted by molar-refractivity contribution is 0.451. The predicted octanol–water partition coefficient (Wildman–Crippen LogP) is 5.20. The van der Waals surface area contributed by atoms with Gasteiger partial charge in [0.05, 0.1) is 0 Å². The standard InChI is InChI=1S/C18H19Cl2N/c1-12(10-14-4-2-3-5-17(14)20)21-18-9-6-13-11-15(19)7-8-16(13)18/h2-5,7-8,11-12,18,21H,6,9-10H2,1H3. The van der Waals surface area contributed by atoms with E-state index in [9.17, 15) is 0 Å². The molecule has 0 amide bonds. The normalized spacial score (nSPS) is 18.5. The Bertz CT molecular complexity index is 639. The fourth-order valence-electron chi connectivity index (χ4n) is 3.16. The molecule has 1 aliphatic carbocycles. The third kappa shape index (κ3) is 3.42. The number of benzene rings is 2. The second kappa shape index (κ2) is 6.39. The summed E-state index contributed by atoms with van der Waals surface area (Å²) in [5.74, 6) is 0. The highest BCUT2D eigenvalue weighted by molar-refractivity contribution is 6.31. The van der Waals surface area contributed by atoms with Crippen molar-refractivity contribution in [3.05, 3.63) is 69.2 Å². The van der Waals surface area contributed by atoms with Gasteiger partial charge >= 0.3 is 0 Å². The molecule has 110 valence electrons. The van der Waals surface area contributed by atoms with Crippen LogP contribution >= 0.6 is 23.2 Å². The van der Waals surface area contributed by atoms with E-state index in [0.29, 0.717) is 12.1 Å². The topological polar surface area (TPSA) is 12.0 Å². The second-order valence-corrected chi connectivity index (χ2v) is 6.64. The minimum Gasteiger partial charge on any atom is -0.307 e. The van der Waals surface area contributed by atoms with Crippen molar-refractivity contribution in [3.63, 3.8) is 0 Å². The van der Waals surface area contributed by atoms with E-state index in [4.69, 9.17) is 23.2 Å². The number of rotatable bonds is 4. The highest BCUT2D eigenvalue weighted by atomic mass is 35.5. The van der Waals surface area contributed by atoms with Gasteiger partial charge in [0.15, 0.2) is 0 Å². The van der Waals surface area contributed by atoms with Crippen LogP contribution in [-0.2, 0) is 12.8 Å². The molecule has 0 aliphatic heterocycles. The van der Waals surface area contributed by atoms with Crippen LogP contribution in [-0.4, -0.2) is 6.04 Å². The van der Waals surface area contributed by atoms with E-state index in [-0.39, 0.29) is 0 Å². The molecule has 3 rings (SSSR count). The van der Waals surface area contributed by atoms with Gasteiger partial charge in [0.2, 0.25) is 0 Å². The van der Waals surface area contributed by atoms with Crippen LogP contribution in [0.25, 0.3) is 0 Å². The average Bonchev–Trinajstić information content (AvgIpc) is 2.83. The number of nitrogens with one attached hydrogen (secondary N) is 1. The minimum atomic E-state index is 0.386. The van der Waals surface area contributed by atoms with Crippen LogP contribution in [0.15, 0.2) is 42.5 Å². The Hall–Kier alpha value is -1.02. The van der Waals surface area contributed by atoms with Crippen LogP contribution in [0, 0.1) is 0 Å². The lowest BCUT2D eigenvalue weighted by atomic mass is 10.0. The van der Waals surface area contributed by atoms with Gasteiger partial charge in [0.25, 0.3) is 0 Å². The summed E-state index contributed by atoms with van der Waals surface area (Å²) in [5, 5.41) is 5.41. The summed E-state index contributed by atoms with van der Waals surface area (Å²) in [6, 6.07) is 15.1. The maximum atomic E-state index is 6.24. The van der Waals surface area contributed by atoms with Gasteiger partial charge < -0.3 is 5.32 Å². The van der Waals surface area contributed by atoms with Gasteiger partial charge in [-0.25, -0.2) is 0 Å². The largest absolute Gasteiger partial charge is 0.307 e. The van der Waals surface area contributed by atoms with Crippen molar-refractivity contribution in [3.8, 4) is 0 Å². The SMILES string of the molecule is CC(Cc1ccccc1Cl)NC1CCc2cc(Cl)ccc21. The third-order valence-corrected chi connectivity index (χ3v) is 4.76. The quantitative estimate of drug-likeness (QED) is 0.816. The Balaban J connectivity index is 1.67. The minimum absolute atomic E-state index is 0.386. The van der Waals surface area contributed by atoms with E-state index in [1.807, 2.05) is 24.3 Å². The third-order valence-electron chi connectivity index (χ3n) is 4.15. The van der Waals surface area contributed by atoms with Gasteiger partial charge in [-0.05, 0) is 61.1 Å². The van der Waals surface area contributed by atoms with Crippen molar-refractivity contribution in [2.24, 2.45) is 0 Å². The number of halogens is 2. The van der Waals surface area contributed by atoms with E-state index in [2.05, 4.69) is 30.4 Å². The van der Waals surface area contributed by atoms with Crippen LogP contribution in [0.4, 0.5) is 0 Å². The van der Waals surface area contributed by atoms with Crippen molar-refractivity contribution in [1.29, 1.82) is 0 Å². The molecule has 0 aromatic heterocycles. The maximum Gasteiger partial charge on any atom is 0.0438 e. The van der Waals surface area contributed by atoms with Gasteiger partial charge in [-0.1, -0.05) is 47.5 Å². The Morgan fingerprint density at radius 2 is 2.00 bits per heavy atom. The monoisotopic (exact) mass is 319 g/mol. The lowest BCUT2D eigenvalue weighted by Crippen LogP contribution is -2.31. The first-order chi connectivity index (χ1) is 10.1. The summed E-state index contributed by atoms with van der Waals surface area (Å²) >= 11 is 12.3. The van der Waals surface area contributed by atoms with E-state index in [0.717, 1.165) is 29.3 Å². The zero-order valence-corrected chi connectivity index (χ0v) is 13.6. The molecule has 1 aliphatic rings. The maximum absolute atomic E-state index is 6.24. The molecule has 2 unspecified atom stereocenters. The zero-order chi connectivity index (χ0) is 14.8. The summed E-state index contributed by atoms with van der Waals surface area (Å²) in [7, 11) is 0. The molecular weight excluding hydrogens is 301 g/mol. The Kier molecular flexibility index (Phi) is 4.54. The molecule has 0 spiro atoms. The summed E-state index contributed by atoms with van der Waals surface area (Å²) in [4.78, 5) is 0. The first-order valence-corrected chi connectivity index (χ1v) is 8.17. The molecule has 2 aromatic carbocycles. The molecule has 21 heavy (non-hydrogen) atoms. The highest BCUT2D eigenvalue weighted by Gasteiger charge is 2.23. The van der Waals surface area contributed by atoms with Crippen LogP contribution < -0.4 is 5.32 Å². The molecule has 0 radical (unpaired) electrons. The number of aryl methyl sites for hydroxylation is 1. The Morgan fingerprint density at radius 3 is 2.81 bits per heavy atom.